The van der Waals surface area contributed by atoms with Crippen LogP contribution in [0.25, 0.3) is 21.6 Å². The third-order valence-corrected chi connectivity index (χ3v) is 15.6. The average molecular weight is 1090 g/mol. The number of hydrogen-bond acceptors (Lipinski definition) is 11. The van der Waals surface area contributed by atoms with Gasteiger partial charge in [0, 0.05) is 105 Å². The summed E-state index contributed by atoms with van der Waals surface area (Å²) in [5.74, 6) is -0.562. The molecule has 14 nitrogen and oxygen atoms in total. The zero-order valence-corrected chi connectivity index (χ0v) is 47.7. The predicted octanol–water partition coefficient (Wildman–Crippen LogP) is 13.4. The van der Waals surface area contributed by atoms with Gasteiger partial charge in [0.05, 0.1) is 24.3 Å². The molecule has 8 rings (SSSR count). The topological polar surface area (TPSA) is 153 Å². The summed E-state index contributed by atoms with van der Waals surface area (Å²) in [6.45, 7) is 25.0. The van der Waals surface area contributed by atoms with Gasteiger partial charge in [-0.25, -0.2) is 14.4 Å². The molecule has 0 radical (unpaired) electrons. The first-order valence-corrected chi connectivity index (χ1v) is 28.0. The highest BCUT2D eigenvalue weighted by atomic mass is 35.5. The molecule has 4 aromatic rings. The van der Waals surface area contributed by atoms with Gasteiger partial charge in [-0.15, -0.1) is 0 Å². The van der Waals surface area contributed by atoms with Crippen LogP contribution in [-0.2, 0) is 14.2 Å². The Morgan fingerprint density at radius 1 is 0.623 bits per heavy atom. The molecule has 0 saturated carbocycles. The first-order valence-electron chi connectivity index (χ1n) is 27.3. The summed E-state index contributed by atoms with van der Waals surface area (Å²) >= 11 is 12.4. The van der Waals surface area contributed by atoms with Crippen LogP contribution in [-0.4, -0.2) is 125 Å². The predicted molar refractivity (Wildman–Crippen MR) is 311 cm³/mol. The molecular weight excluding hydrogens is 1010 g/mol. The monoisotopic (exact) mass is 1090 g/mol. The quantitative estimate of drug-likeness (QED) is 0.0377. The number of nitrogens with zero attached hydrogens (tertiary/aromatic N) is 7. The van der Waals surface area contributed by atoms with Gasteiger partial charge in [-0.2, -0.15) is 0 Å². The minimum Gasteiger partial charge on any atom is -0.462 e. The summed E-state index contributed by atoms with van der Waals surface area (Å²) < 4.78 is 15.7. The molecular formula is C61H78Cl2N8O6. The fourth-order valence-corrected chi connectivity index (χ4v) is 11.2. The van der Waals surface area contributed by atoms with Gasteiger partial charge < -0.3 is 29.3 Å². The number of carbonyl (C=O) groups is 3. The number of esters is 2. The van der Waals surface area contributed by atoms with Gasteiger partial charge in [0.1, 0.15) is 5.60 Å². The third-order valence-electron chi connectivity index (χ3n) is 15.1. The second-order valence-corrected chi connectivity index (χ2v) is 23.3. The van der Waals surface area contributed by atoms with E-state index in [0.717, 1.165) is 125 Å². The first kappa shape index (κ1) is 58.7. The highest BCUT2D eigenvalue weighted by molar-refractivity contribution is 6.30. The minimum atomic E-state index is -0.518. The summed E-state index contributed by atoms with van der Waals surface area (Å²) in [5.41, 5.74) is 19.8. The Balaban J connectivity index is 0.000000225. The Morgan fingerprint density at radius 2 is 1.03 bits per heavy atom. The van der Waals surface area contributed by atoms with E-state index in [1.807, 2.05) is 107 Å². The normalized spacial score (nSPS) is 20.4. The Hall–Kier alpha value is -6.02. The van der Waals surface area contributed by atoms with Gasteiger partial charge in [-0.05, 0) is 185 Å². The molecule has 4 aliphatic rings. The number of azide groups is 1. The summed E-state index contributed by atoms with van der Waals surface area (Å²) in [5, 5.41) is 8.43. The first-order chi connectivity index (χ1) is 36.8. The van der Waals surface area contributed by atoms with Crippen LogP contribution in [0.2, 0.25) is 10.0 Å². The van der Waals surface area contributed by atoms with E-state index in [9.17, 15) is 14.4 Å². The van der Waals surface area contributed by atoms with Crippen molar-refractivity contribution in [1.82, 2.24) is 15.1 Å². The largest absolute Gasteiger partial charge is 0.462 e. The number of alkyl carbamates (subject to hydrolysis) is 1. The van der Waals surface area contributed by atoms with Crippen LogP contribution in [0.15, 0.2) is 113 Å². The molecule has 2 fully saturated rings. The molecule has 2 unspecified atom stereocenters. The highest BCUT2D eigenvalue weighted by Gasteiger charge is 2.35. The molecule has 2 heterocycles. The number of nitrogens with one attached hydrogen (secondary N) is 1. The molecule has 0 aromatic heterocycles. The highest BCUT2D eigenvalue weighted by Crippen LogP contribution is 2.45. The zero-order valence-electron chi connectivity index (χ0n) is 46.2. The Morgan fingerprint density at radius 3 is 1.42 bits per heavy atom. The van der Waals surface area contributed by atoms with Crippen molar-refractivity contribution in [2.75, 3.05) is 102 Å². The number of amides is 1. The van der Waals surface area contributed by atoms with E-state index in [1.54, 1.807) is 0 Å². The van der Waals surface area contributed by atoms with Gasteiger partial charge in [0.25, 0.3) is 0 Å². The average Bonchev–Trinajstić information content (AvgIpc) is 3.43. The van der Waals surface area contributed by atoms with Crippen molar-refractivity contribution in [3.63, 3.8) is 0 Å². The number of halogens is 2. The molecule has 2 atom stereocenters. The molecule has 0 bridgehead atoms. The van der Waals surface area contributed by atoms with Gasteiger partial charge in [0.2, 0.25) is 0 Å². The lowest BCUT2D eigenvalue weighted by Gasteiger charge is -2.41. The van der Waals surface area contributed by atoms with Gasteiger partial charge >= 0.3 is 18.0 Å². The lowest BCUT2D eigenvalue weighted by atomic mass is 9.71. The van der Waals surface area contributed by atoms with Crippen molar-refractivity contribution in [3.8, 4) is 0 Å². The van der Waals surface area contributed by atoms with Crippen LogP contribution >= 0.6 is 23.2 Å². The van der Waals surface area contributed by atoms with Crippen molar-refractivity contribution in [2.24, 2.45) is 15.9 Å². The molecule has 2 aliphatic carbocycles. The number of hydrogen-bond donors (Lipinski definition) is 1. The number of rotatable bonds is 16. The van der Waals surface area contributed by atoms with E-state index >= 15 is 0 Å². The number of anilines is 2. The standard InChI is InChI=1S/C33H44ClN3O4.C28H34ClN5O2/c1-6-40-30(38)25-9-13-28(14-10-25)37-19-17-36(18-20-37)22-26-21-33(5,23-35-31(39)41-32(2,3)4)16-15-29(26)24-7-11-27(34)12-8-24;1-3-36-27(35)22-6-10-25(11-7-22)34-16-14-33(15-17-34)19-23-18-28(2,20-31-32-30)13-12-26(23)21-4-8-24(29)9-5-21/h7-14H,6,15-23H2,1-5H3,(H,35,39);4-11H,3,12-20H2,1-2H3. The third kappa shape index (κ3) is 17.0. The van der Waals surface area contributed by atoms with Crippen LogP contribution in [0.1, 0.15) is 119 Å². The molecule has 1 amide bonds. The SMILES string of the molecule is CCOC(=O)c1ccc(N2CCN(CC3=C(c4ccc(Cl)cc4)CCC(C)(CN=[N+]=[N-])C3)CC2)cc1.CCOC(=O)c1ccc(N2CCN(CC3=C(c4ccc(Cl)cc4)CCC(C)(CNC(=O)OC(C)(C)C)C3)CC2)cc1. The van der Waals surface area contributed by atoms with Crippen molar-refractivity contribution in [2.45, 2.75) is 92.6 Å². The van der Waals surface area contributed by atoms with Crippen LogP contribution < -0.4 is 15.1 Å². The van der Waals surface area contributed by atoms with E-state index < -0.39 is 5.60 Å². The molecule has 16 heteroatoms. The molecule has 1 N–H and O–H groups in total. The van der Waals surface area contributed by atoms with Gasteiger partial charge in [-0.1, -0.05) is 77.6 Å². The molecule has 0 spiro atoms. The number of allylic oxidation sites excluding steroid dienone is 2. The van der Waals surface area contributed by atoms with Crippen LogP contribution in [0, 0.1) is 10.8 Å². The van der Waals surface area contributed by atoms with E-state index in [1.165, 1.54) is 33.4 Å². The number of benzene rings is 4. The lowest BCUT2D eigenvalue weighted by molar-refractivity contribution is 0.0494. The van der Waals surface area contributed by atoms with E-state index in [-0.39, 0.29) is 28.9 Å². The Kier molecular flexibility index (Phi) is 20.6. The molecule has 4 aromatic carbocycles. The number of piperazine rings is 2. The maximum Gasteiger partial charge on any atom is 0.407 e. The van der Waals surface area contributed by atoms with Crippen LogP contribution in [0.3, 0.4) is 0 Å². The fourth-order valence-electron chi connectivity index (χ4n) is 10.9. The lowest BCUT2D eigenvalue weighted by Crippen LogP contribution is -2.47. The second kappa shape index (κ2) is 27.0. The minimum absolute atomic E-state index is 0.0139. The maximum atomic E-state index is 12.4. The number of carbonyl (C=O) groups excluding carboxylic acids is 3. The molecule has 2 saturated heterocycles. The smallest absolute Gasteiger partial charge is 0.407 e. The van der Waals surface area contributed by atoms with Crippen molar-refractivity contribution >= 4 is 63.8 Å². The maximum absolute atomic E-state index is 12.4. The Bertz CT molecular complexity index is 2740. The van der Waals surface area contributed by atoms with Gasteiger partial charge in [0.15, 0.2) is 0 Å². The summed E-state index contributed by atoms with van der Waals surface area (Å²) in [6.07, 6.45) is 5.40. The van der Waals surface area contributed by atoms with Crippen molar-refractivity contribution in [3.05, 3.63) is 151 Å². The zero-order chi connectivity index (χ0) is 55.2. The van der Waals surface area contributed by atoms with E-state index in [0.29, 0.717) is 37.4 Å². The van der Waals surface area contributed by atoms with Gasteiger partial charge in [-0.3, -0.25) is 9.80 Å². The number of ether oxygens (including phenoxy) is 3. The summed E-state index contributed by atoms with van der Waals surface area (Å²) in [4.78, 5) is 49.1. The molecule has 412 valence electrons. The fraction of sp³-hybridized carbons (Fsp3) is 0.492. The summed E-state index contributed by atoms with van der Waals surface area (Å²) in [7, 11) is 0. The van der Waals surface area contributed by atoms with E-state index in [2.05, 4.69) is 73.1 Å². The summed E-state index contributed by atoms with van der Waals surface area (Å²) in [6, 6.07) is 31.7. The molecule has 77 heavy (non-hydrogen) atoms. The van der Waals surface area contributed by atoms with Crippen LogP contribution in [0.5, 0.6) is 0 Å². The van der Waals surface area contributed by atoms with E-state index in [4.69, 9.17) is 42.9 Å². The molecule has 2 aliphatic heterocycles. The Labute approximate surface area is 466 Å². The van der Waals surface area contributed by atoms with Crippen molar-refractivity contribution < 1.29 is 28.6 Å². The van der Waals surface area contributed by atoms with Crippen LogP contribution in [0.4, 0.5) is 16.2 Å². The second-order valence-electron chi connectivity index (χ2n) is 22.5. The van der Waals surface area contributed by atoms with Crippen molar-refractivity contribution in [1.29, 1.82) is 0 Å².